The Balaban J connectivity index is 0.000000162. The molecule has 1 fully saturated rings. The Hall–Kier alpha value is -2.75. The van der Waals surface area contributed by atoms with Gasteiger partial charge in [-0.2, -0.15) is 0 Å². The number of hydrogen-bond donors (Lipinski definition) is 1. The Morgan fingerprint density at radius 2 is 1.44 bits per heavy atom. The Morgan fingerprint density at radius 3 is 2.05 bits per heavy atom. The predicted octanol–water partition coefficient (Wildman–Crippen LogP) is 10.6. The van der Waals surface area contributed by atoms with Crippen LogP contribution in [0, 0.1) is 6.92 Å². The summed E-state index contributed by atoms with van der Waals surface area (Å²) in [6, 6.07) is 27.1. The van der Waals surface area contributed by atoms with E-state index < -0.39 is 0 Å². The van der Waals surface area contributed by atoms with Crippen LogP contribution in [0.15, 0.2) is 83.4 Å². The maximum Gasteiger partial charge on any atom is 0.207 e. The van der Waals surface area contributed by atoms with Crippen molar-refractivity contribution in [3.05, 3.63) is 84.6 Å². The van der Waals surface area contributed by atoms with Gasteiger partial charge in [0.1, 0.15) is 5.58 Å². The molecule has 7 rings (SSSR count). The minimum atomic E-state index is -0.118. The zero-order chi connectivity index (χ0) is 30.1. The van der Waals surface area contributed by atoms with Gasteiger partial charge in [-0.3, -0.25) is 5.43 Å². The Labute approximate surface area is 252 Å². The van der Waals surface area contributed by atoms with Gasteiger partial charge in [-0.25, -0.2) is 5.01 Å². The van der Waals surface area contributed by atoms with E-state index in [2.05, 4.69) is 118 Å². The van der Waals surface area contributed by atoms with Crippen LogP contribution in [-0.4, -0.2) is 35.1 Å². The summed E-state index contributed by atoms with van der Waals surface area (Å²) in [6.45, 7) is 13.3. The number of para-hydroxylation sites is 1. The molecule has 3 aromatic carbocycles. The van der Waals surface area contributed by atoms with E-state index in [0.717, 1.165) is 23.4 Å². The first-order chi connectivity index (χ1) is 19.8. The van der Waals surface area contributed by atoms with Gasteiger partial charge in [0.15, 0.2) is 0 Å². The first-order valence-corrected chi connectivity index (χ1v) is 17.1. The van der Waals surface area contributed by atoms with Gasteiger partial charge in [-0.05, 0) is 69.4 Å². The van der Waals surface area contributed by atoms with Gasteiger partial charge in [0.05, 0.1) is 0 Å². The molecule has 6 aromatic rings. The van der Waals surface area contributed by atoms with E-state index >= 15 is 0 Å². The highest BCUT2D eigenvalue weighted by Crippen LogP contribution is 2.47. The zero-order valence-electron chi connectivity index (χ0n) is 26.2. The molecule has 0 bridgehead atoms. The minimum absolute atomic E-state index is 0.118. The van der Waals surface area contributed by atoms with E-state index in [-0.39, 0.29) is 7.53 Å². The van der Waals surface area contributed by atoms with Gasteiger partial charge >= 0.3 is 0 Å². The normalized spacial score (nSPS) is 16.5. The average molecular weight is 592 g/mol. The number of furan rings is 1. The lowest BCUT2D eigenvalue weighted by atomic mass is 9.99. The third-order valence-corrected chi connectivity index (χ3v) is 9.80. The van der Waals surface area contributed by atoms with Gasteiger partial charge in [-0.1, -0.05) is 80.9 Å². The highest BCUT2D eigenvalue weighted by Gasteiger charge is 2.29. The summed E-state index contributed by atoms with van der Waals surface area (Å²) in [4.78, 5) is 0. The van der Waals surface area contributed by atoms with Crippen LogP contribution in [0.4, 0.5) is 0 Å². The van der Waals surface area contributed by atoms with Crippen molar-refractivity contribution in [3.8, 4) is 0 Å². The molecule has 220 valence electrons. The largest absolute Gasteiger partial charge is 0.440 e. The summed E-state index contributed by atoms with van der Waals surface area (Å²) in [5.74, 6) is 0. The standard InChI is InChI=1S/C14H13P.C11H9NO.C6H14N2.C3H8.CH3Cl/c1-10-6-5-8-12-11-7-3-4-9-13(11)15(2)14(10)12;1-12-7-6-9-8-4-2-3-5-10(8)13-11(9)12;1-5-4-6(2)8(5)7-3;1-3-2;1-2/h3-9H,1-2H3;2-7H,1H3;5-7H,4H2,1-3H3;3H2,1-2H3;1H3. The number of nitrogens with zero attached hydrogens (tertiary/aromatic N) is 2. The Bertz CT molecular complexity index is 1660. The number of hydrogen-bond acceptors (Lipinski definition) is 3. The van der Waals surface area contributed by atoms with Crippen LogP contribution in [0.1, 0.15) is 46.1 Å². The maximum atomic E-state index is 5.69. The van der Waals surface area contributed by atoms with Gasteiger partial charge < -0.3 is 8.98 Å². The van der Waals surface area contributed by atoms with Gasteiger partial charge in [0.2, 0.25) is 5.71 Å². The molecule has 0 saturated carbocycles. The van der Waals surface area contributed by atoms with Crippen LogP contribution < -0.4 is 5.43 Å². The molecule has 0 radical (unpaired) electrons. The van der Waals surface area contributed by atoms with E-state index in [9.17, 15) is 0 Å². The molecule has 1 aliphatic heterocycles. The third-order valence-electron chi connectivity index (χ3n) is 7.42. The van der Waals surface area contributed by atoms with Crippen molar-refractivity contribution >= 4 is 62.2 Å². The molecular formula is C35H47ClN3OP. The molecule has 4 heterocycles. The fraction of sp³-hybridized carbons (Fsp3) is 0.371. The van der Waals surface area contributed by atoms with Crippen LogP contribution in [0.5, 0.6) is 0 Å². The summed E-state index contributed by atoms with van der Waals surface area (Å²) < 4.78 is 7.68. The number of fused-ring (bicyclic) bond motifs is 6. The second-order valence-corrected chi connectivity index (χ2v) is 12.6. The summed E-state index contributed by atoms with van der Waals surface area (Å²) in [7, 11) is 3.85. The van der Waals surface area contributed by atoms with Crippen molar-refractivity contribution in [3.63, 3.8) is 0 Å². The number of aryl methyl sites for hydroxylation is 3. The number of benzene rings is 3. The van der Waals surface area contributed by atoms with Crippen molar-refractivity contribution in [2.45, 2.75) is 59.5 Å². The molecular weight excluding hydrogens is 545 g/mol. The Morgan fingerprint density at radius 1 is 0.854 bits per heavy atom. The third kappa shape index (κ3) is 7.19. The van der Waals surface area contributed by atoms with E-state index in [1.165, 1.54) is 51.5 Å². The fourth-order valence-corrected chi connectivity index (χ4v) is 7.89. The average Bonchev–Trinajstić information content (AvgIpc) is 3.63. The number of nitrogens with one attached hydrogen (secondary N) is 1. The van der Waals surface area contributed by atoms with Crippen molar-refractivity contribution < 1.29 is 4.42 Å². The zero-order valence-corrected chi connectivity index (χ0v) is 27.9. The molecule has 3 unspecified atom stereocenters. The molecule has 41 heavy (non-hydrogen) atoms. The van der Waals surface area contributed by atoms with E-state index in [1.54, 1.807) is 5.12 Å². The molecule has 3 atom stereocenters. The number of rotatable bonds is 1. The molecule has 3 aromatic heterocycles. The molecule has 4 nitrogen and oxygen atoms in total. The van der Waals surface area contributed by atoms with E-state index in [0.29, 0.717) is 0 Å². The predicted molar refractivity (Wildman–Crippen MR) is 185 cm³/mol. The SMILES string of the molecule is CCC.CCl.CNN1C(C)CC1C.Cc1cccc2c3ccccc3p(C)c12.Cn1ccc2c3ccccc3oc21. The molecule has 0 spiro atoms. The van der Waals surface area contributed by atoms with Crippen LogP contribution in [0.2, 0.25) is 0 Å². The number of aromatic nitrogens is 1. The Kier molecular flexibility index (Phi) is 12.4. The molecule has 1 aliphatic rings. The molecule has 0 aliphatic carbocycles. The van der Waals surface area contributed by atoms with Crippen LogP contribution in [-0.2, 0) is 13.7 Å². The summed E-state index contributed by atoms with van der Waals surface area (Å²) in [5, 5.41) is 10.7. The lowest BCUT2D eigenvalue weighted by Crippen LogP contribution is -2.58. The second kappa shape index (κ2) is 15.5. The van der Waals surface area contributed by atoms with Gasteiger partial charge in [0, 0.05) is 52.7 Å². The second-order valence-electron chi connectivity index (χ2n) is 10.6. The summed E-state index contributed by atoms with van der Waals surface area (Å²) in [6.07, 6.45) is 6.07. The minimum Gasteiger partial charge on any atom is -0.440 e. The van der Waals surface area contributed by atoms with Crippen LogP contribution in [0.25, 0.3) is 43.1 Å². The van der Waals surface area contributed by atoms with E-state index in [4.69, 9.17) is 4.42 Å². The molecule has 1 N–H and O–H groups in total. The number of halogens is 1. The monoisotopic (exact) mass is 591 g/mol. The fourth-order valence-electron chi connectivity index (χ4n) is 5.62. The quantitative estimate of drug-likeness (QED) is 0.193. The number of alkyl halides is 1. The number of hydrazine groups is 1. The van der Waals surface area contributed by atoms with Gasteiger partial charge in [0.25, 0.3) is 0 Å². The first kappa shape index (κ1) is 32.8. The summed E-state index contributed by atoms with van der Waals surface area (Å²) >= 11 is 4.64. The highest BCUT2D eigenvalue weighted by molar-refractivity contribution is 7.59. The molecule has 6 heteroatoms. The maximum absolute atomic E-state index is 5.69. The van der Waals surface area contributed by atoms with Crippen molar-refractivity contribution in [2.24, 2.45) is 13.7 Å². The van der Waals surface area contributed by atoms with Crippen molar-refractivity contribution in [2.75, 3.05) is 13.4 Å². The van der Waals surface area contributed by atoms with Gasteiger partial charge in [-0.15, -0.1) is 19.1 Å². The van der Waals surface area contributed by atoms with E-state index in [1.807, 2.05) is 43.1 Å². The molecule has 1 saturated heterocycles. The lowest BCUT2D eigenvalue weighted by molar-refractivity contribution is -0.00585. The smallest absolute Gasteiger partial charge is 0.207 e. The van der Waals surface area contributed by atoms with Crippen LogP contribution in [0.3, 0.4) is 0 Å². The highest BCUT2D eigenvalue weighted by atomic mass is 35.5. The van der Waals surface area contributed by atoms with Crippen molar-refractivity contribution in [1.82, 2.24) is 15.0 Å². The summed E-state index contributed by atoms with van der Waals surface area (Å²) in [5.41, 5.74) is 6.48. The topological polar surface area (TPSA) is 33.3 Å². The molecule has 0 amide bonds. The van der Waals surface area contributed by atoms with Crippen molar-refractivity contribution in [1.29, 1.82) is 0 Å². The first-order valence-electron chi connectivity index (χ1n) is 14.5. The lowest BCUT2D eigenvalue weighted by Gasteiger charge is -2.44. The van der Waals surface area contributed by atoms with Crippen LogP contribution >= 0.6 is 19.1 Å².